The van der Waals surface area contributed by atoms with Crippen molar-refractivity contribution in [3.8, 4) is 0 Å². The first-order chi connectivity index (χ1) is 8.92. The lowest BCUT2D eigenvalue weighted by atomic mass is 9.95. The molecular weight excluding hydrogens is 218 g/mol. The van der Waals surface area contributed by atoms with E-state index in [0.29, 0.717) is 0 Å². The van der Waals surface area contributed by atoms with Gasteiger partial charge in [-0.05, 0) is 47.4 Å². The number of nitrogens with one attached hydrogen (secondary N) is 1. The van der Waals surface area contributed by atoms with Gasteiger partial charge in [-0.25, -0.2) is 0 Å². The summed E-state index contributed by atoms with van der Waals surface area (Å²) >= 11 is 0. The molecule has 0 aromatic heterocycles. The van der Waals surface area contributed by atoms with Crippen LogP contribution >= 0.6 is 0 Å². The van der Waals surface area contributed by atoms with Crippen LogP contribution < -0.4 is 5.32 Å². The summed E-state index contributed by atoms with van der Waals surface area (Å²) in [5.41, 5.74) is 1.39. The highest BCUT2D eigenvalue weighted by atomic mass is 14.9. The third-order valence-electron chi connectivity index (χ3n) is 3.95. The highest BCUT2D eigenvalue weighted by Crippen LogP contribution is 2.19. The second-order valence-corrected chi connectivity index (χ2v) is 5.32. The lowest BCUT2D eigenvalue weighted by Crippen LogP contribution is -2.30. The Kier molecular flexibility index (Phi) is 3.61. The smallest absolute Gasteiger partial charge is 0.0208 e. The molecule has 2 aromatic rings. The molecule has 1 radical (unpaired) electrons. The van der Waals surface area contributed by atoms with Crippen LogP contribution in [0.15, 0.2) is 36.4 Å². The van der Waals surface area contributed by atoms with E-state index in [1.54, 1.807) is 0 Å². The molecule has 0 saturated heterocycles. The van der Waals surface area contributed by atoms with Gasteiger partial charge in [0, 0.05) is 12.6 Å². The zero-order chi connectivity index (χ0) is 12.2. The number of hydrogen-bond donors (Lipinski definition) is 1. The van der Waals surface area contributed by atoms with E-state index in [0.717, 1.165) is 12.6 Å². The van der Waals surface area contributed by atoms with E-state index in [-0.39, 0.29) is 0 Å². The predicted octanol–water partition coefficient (Wildman–Crippen LogP) is 4.06. The molecule has 0 unspecified atom stereocenters. The second-order valence-electron chi connectivity index (χ2n) is 5.32. The van der Waals surface area contributed by atoms with Crippen LogP contribution in [-0.4, -0.2) is 6.04 Å². The maximum absolute atomic E-state index is 3.69. The fourth-order valence-electron chi connectivity index (χ4n) is 2.85. The van der Waals surface area contributed by atoms with Gasteiger partial charge in [0.05, 0.1) is 0 Å². The van der Waals surface area contributed by atoms with Crippen molar-refractivity contribution >= 4 is 10.8 Å². The Hall–Kier alpha value is -1.34. The SMILES string of the molecule is [c]1ccc2cc(CNC3CCCCC3)ccc2c1. The zero-order valence-electron chi connectivity index (χ0n) is 10.8. The number of hydrogen-bond acceptors (Lipinski definition) is 1. The molecule has 0 heterocycles. The molecule has 2 aromatic carbocycles. The molecule has 1 N–H and O–H groups in total. The fourth-order valence-corrected chi connectivity index (χ4v) is 2.85. The van der Waals surface area contributed by atoms with Crippen molar-refractivity contribution in [1.29, 1.82) is 0 Å². The maximum Gasteiger partial charge on any atom is 0.0208 e. The van der Waals surface area contributed by atoms with E-state index in [9.17, 15) is 0 Å². The van der Waals surface area contributed by atoms with Crippen LogP contribution in [0, 0.1) is 6.07 Å². The largest absolute Gasteiger partial charge is 0.310 e. The Morgan fingerprint density at radius 2 is 1.94 bits per heavy atom. The highest BCUT2D eigenvalue weighted by molar-refractivity contribution is 5.82. The van der Waals surface area contributed by atoms with Gasteiger partial charge in [0.15, 0.2) is 0 Å². The lowest BCUT2D eigenvalue weighted by molar-refractivity contribution is 0.372. The van der Waals surface area contributed by atoms with Crippen LogP contribution in [0.2, 0.25) is 0 Å². The van der Waals surface area contributed by atoms with E-state index in [2.05, 4.69) is 35.6 Å². The first-order valence-electron chi connectivity index (χ1n) is 7.04. The van der Waals surface area contributed by atoms with E-state index < -0.39 is 0 Å². The maximum atomic E-state index is 3.69. The van der Waals surface area contributed by atoms with Crippen molar-refractivity contribution in [2.45, 2.75) is 44.7 Å². The highest BCUT2D eigenvalue weighted by Gasteiger charge is 2.12. The molecule has 0 aliphatic heterocycles. The predicted molar refractivity (Wildman–Crippen MR) is 76.5 cm³/mol. The standard InChI is InChI=1S/C17H20N/c1-2-8-17(9-3-1)18-13-14-10-11-15-6-4-5-7-16(15)12-14/h5-7,10-12,17-18H,1-3,8-9,13H2. The summed E-state index contributed by atoms with van der Waals surface area (Å²) in [6, 6.07) is 16.7. The van der Waals surface area contributed by atoms with Crippen LogP contribution in [0.25, 0.3) is 10.8 Å². The summed E-state index contributed by atoms with van der Waals surface area (Å²) < 4.78 is 0. The van der Waals surface area contributed by atoms with Gasteiger partial charge in [0.2, 0.25) is 0 Å². The molecule has 1 fully saturated rings. The first-order valence-corrected chi connectivity index (χ1v) is 7.04. The van der Waals surface area contributed by atoms with Gasteiger partial charge in [-0.3, -0.25) is 0 Å². The molecule has 3 rings (SSSR count). The average molecular weight is 238 g/mol. The Labute approximate surface area is 109 Å². The molecule has 18 heavy (non-hydrogen) atoms. The molecule has 1 aliphatic rings. The van der Waals surface area contributed by atoms with Gasteiger partial charge in [-0.1, -0.05) is 43.5 Å². The topological polar surface area (TPSA) is 12.0 Å². The molecule has 0 amide bonds. The average Bonchev–Trinajstić information content (AvgIpc) is 2.46. The molecule has 1 saturated carbocycles. The lowest BCUT2D eigenvalue weighted by Gasteiger charge is -2.22. The van der Waals surface area contributed by atoms with Crippen LogP contribution in [0.5, 0.6) is 0 Å². The van der Waals surface area contributed by atoms with Crippen molar-refractivity contribution in [2.24, 2.45) is 0 Å². The van der Waals surface area contributed by atoms with Gasteiger partial charge in [0.1, 0.15) is 0 Å². The van der Waals surface area contributed by atoms with Gasteiger partial charge in [-0.15, -0.1) is 0 Å². The summed E-state index contributed by atoms with van der Waals surface area (Å²) in [6.07, 6.45) is 6.91. The van der Waals surface area contributed by atoms with E-state index in [4.69, 9.17) is 0 Å². The monoisotopic (exact) mass is 238 g/mol. The summed E-state index contributed by atoms with van der Waals surface area (Å²) in [7, 11) is 0. The van der Waals surface area contributed by atoms with Crippen molar-refractivity contribution < 1.29 is 0 Å². The van der Waals surface area contributed by atoms with Crippen LogP contribution in [-0.2, 0) is 6.54 Å². The van der Waals surface area contributed by atoms with Gasteiger partial charge < -0.3 is 5.32 Å². The van der Waals surface area contributed by atoms with Gasteiger partial charge in [0.25, 0.3) is 0 Å². The minimum atomic E-state index is 0.735. The molecular formula is C17H20N. The molecule has 93 valence electrons. The number of fused-ring (bicyclic) bond motifs is 1. The van der Waals surface area contributed by atoms with Gasteiger partial charge in [-0.2, -0.15) is 0 Å². The van der Waals surface area contributed by atoms with Crippen molar-refractivity contribution in [2.75, 3.05) is 0 Å². The Morgan fingerprint density at radius 3 is 2.83 bits per heavy atom. The van der Waals surface area contributed by atoms with E-state index >= 15 is 0 Å². The second kappa shape index (κ2) is 5.53. The molecule has 1 heteroatoms. The summed E-state index contributed by atoms with van der Waals surface area (Å²) in [4.78, 5) is 0. The van der Waals surface area contributed by atoms with E-state index in [1.165, 1.54) is 48.4 Å². The summed E-state index contributed by atoms with van der Waals surface area (Å²) in [5, 5.41) is 6.29. The fraction of sp³-hybridized carbons (Fsp3) is 0.412. The normalized spacial score (nSPS) is 17.1. The Balaban J connectivity index is 1.66. The Morgan fingerprint density at radius 1 is 1.06 bits per heavy atom. The molecule has 0 atom stereocenters. The minimum absolute atomic E-state index is 0.735. The summed E-state index contributed by atoms with van der Waals surface area (Å²) in [5.74, 6) is 0. The van der Waals surface area contributed by atoms with Crippen LogP contribution in [0.4, 0.5) is 0 Å². The van der Waals surface area contributed by atoms with Crippen molar-refractivity contribution in [3.05, 3.63) is 48.0 Å². The van der Waals surface area contributed by atoms with Crippen molar-refractivity contribution in [1.82, 2.24) is 5.32 Å². The first kappa shape index (κ1) is 11.7. The molecule has 1 aliphatic carbocycles. The molecule has 0 bridgehead atoms. The summed E-state index contributed by atoms with van der Waals surface area (Å²) in [6.45, 7) is 0.999. The minimum Gasteiger partial charge on any atom is -0.310 e. The van der Waals surface area contributed by atoms with Crippen LogP contribution in [0.1, 0.15) is 37.7 Å². The molecule has 0 spiro atoms. The quantitative estimate of drug-likeness (QED) is 0.850. The number of rotatable bonds is 3. The number of benzene rings is 2. The zero-order valence-corrected chi connectivity index (χ0v) is 10.8. The van der Waals surface area contributed by atoms with Crippen LogP contribution in [0.3, 0.4) is 0 Å². The van der Waals surface area contributed by atoms with E-state index in [1.807, 2.05) is 12.1 Å². The van der Waals surface area contributed by atoms with Crippen molar-refractivity contribution in [3.63, 3.8) is 0 Å². The Bertz CT molecular complexity index is 512. The third kappa shape index (κ3) is 2.73. The molecule has 1 nitrogen and oxygen atoms in total. The van der Waals surface area contributed by atoms with Gasteiger partial charge >= 0.3 is 0 Å². The third-order valence-corrected chi connectivity index (χ3v) is 3.95.